The molecule has 190 valence electrons. The van der Waals surface area contributed by atoms with Gasteiger partial charge in [-0.3, -0.25) is 24.6 Å². The van der Waals surface area contributed by atoms with Gasteiger partial charge in [0.05, 0.1) is 23.4 Å². The summed E-state index contributed by atoms with van der Waals surface area (Å²) in [4.78, 5) is 37.5. The van der Waals surface area contributed by atoms with Gasteiger partial charge in [-0.1, -0.05) is 20.8 Å². The van der Waals surface area contributed by atoms with E-state index in [1.54, 1.807) is 17.0 Å². The van der Waals surface area contributed by atoms with Crippen LogP contribution in [-0.4, -0.2) is 46.5 Å². The molecule has 3 atom stereocenters. The molecule has 3 rings (SSSR count). The summed E-state index contributed by atoms with van der Waals surface area (Å²) in [5.74, 6) is -1.02. The monoisotopic (exact) mass is 537 g/mol. The summed E-state index contributed by atoms with van der Waals surface area (Å²) >= 11 is 6.90. The van der Waals surface area contributed by atoms with Crippen LogP contribution in [-0.2, 0) is 25.4 Å². The van der Waals surface area contributed by atoms with Gasteiger partial charge in [0, 0.05) is 17.0 Å². The van der Waals surface area contributed by atoms with Crippen LogP contribution in [0.1, 0.15) is 39.7 Å². The van der Waals surface area contributed by atoms with E-state index in [2.05, 4.69) is 33.9 Å². The van der Waals surface area contributed by atoms with Crippen molar-refractivity contribution in [2.75, 3.05) is 0 Å². The topological polar surface area (TPSA) is 125 Å². The molecular weight excluding hydrogens is 506 g/mol. The lowest BCUT2D eigenvalue weighted by Crippen LogP contribution is -2.62. The first kappa shape index (κ1) is 27.3. The summed E-state index contributed by atoms with van der Waals surface area (Å²) in [6, 6.07) is 5.93. The van der Waals surface area contributed by atoms with Gasteiger partial charge in [-0.25, -0.2) is 0 Å². The van der Waals surface area contributed by atoms with Crippen LogP contribution in [0.2, 0.25) is 18.1 Å². The lowest BCUT2D eigenvalue weighted by molar-refractivity contribution is -0.384. The van der Waals surface area contributed by atoms with Crippen molar-refractivity contribution in [1.82, 2.24) is 4.90 Å². The Kier molecular flexibility index (Phi) is 7.80. The van der Waals surface area contributed by atoms with Crippen LogP contribution < -0.4 is 5.73 Å². The maximum atomic E-state index is 13.3. The van der Waals surface area contributed by atoms with Gasteiger partial charge in [-0.05, 0) is 55.0 Å². The molecule has 9 nitrogen and oxygen atoms in total. The van der Waals surface area contributed by atoms with E-state index in [1.807, 2.05) is 6.92 Å². The summed E-state index contributed by atoms with van der Waals surface area (Å²) in [6.45, 7) is 12.7. The highest BCUT2D eigenvalue weighted by Gasteiger charge is 2.58. The number of nitro groups is 1. The molecule has 1 fully saturated rings. The van der Waals surface area contributed by atoms with Crippen molar-refractivity contribution in [3.8, 4) is 0 Å². The standard InChI is InChI=1S/C23H31N3O6S2Si/c1-13(32-35(5,6)23(2,3)4)18-20(28)25-19(16(11-17(24)27)34-21(18)25)22(33)31-12-14-7-9-15(10-8-14)26(29)30/h7-10,13,18,21H,11-12H2,1-6H3,(H2,24,27)/t13?,18?,21-/m1/s1. The average Bonchev–Trinajstić information content (AvgIpc) is 3.04. The summed E-state index contributed by atoms with van der Waals surface area (Å²) in [5, 5.41) is 10.7. The van der Waals surface area contributed by atoms with E-state index in [1.165, 1.54) is 23.9 Å². The van der Waals surface area contributed by atoms with Crippen LogP contribution in [0.4, 0.5) is 5.69 Å². The Hall–Kier alpha value is -2.28. The van der Waals surface area contributed by atoms with Gasteiger partial charge in [-0.15, -0.1) is 11.8 Å². The van der Waals surface area contributed by atoms with Gasteiger partial charge in [-0.2, -0.15) is 0 Å². The number of hydrogen-bond acceptors (Lipinski definition) is 8. The first-order valence-corrected chi connectivity index (χ1v) is 15.4. The molecule has 1 aromatic rings. The maximum absolute atomic E-state index is 13.3. The van der Waals surface area contributed by atoms with Crippen molar-refractivity contribution in [2.45, 2.75) is 70.3 Å². The van der Waals surface area contributed by atoms with E-state index in [4.69, 9.17) is 27.1 Å². The molecule has 0 aliphatic carbocycles. The Balaban J connectivity index is 1.74. The lowest BCUT2D eigenvalue weighted by atomic mass is 9.92. The first-order chi connectivity index (χ1) is 16.1. The molecule has 0 radical (unpaired) electrons. The fourth-order valence-corrected chi connectivity index (χ4v) is 7.15. The van der Waals surface area contributed by atoms with Crippen LogP contribution in [0.25, 0.3) is 0 Å². The summed E-state index contributed by atoms with van der Waals surface area (Å²) in [5.41, 5.74) is 6.52. The number of thiocarbonyl (C=S) groups is 1. The molecule has 2 amide bonds. The van der Waals surface area contributed by atoms with E-state index in [9.17, 15) is 19.7 Å². The van der Waals surface area contributed by atoms with E-state index >= 15 is 0 Å². The molecule has 2 aliphatic heterocycles. The number of fused-ring (bicyclic) bond motifs is 1. The quantitative estimate of drug-likeness (QED) is 0.161. The number of primary amides is 1. The Bertz CT molecular complexity index is 1080. The molecular formula is C23H31N3O6S2Si. The first-order valence-electron chi connectivity index (χ1n) is 11.2. The van der Waals surface area contributed by atoms with Crippen LogP contribution in [0.5, 0.6) is 0 Å². The lowest BCUT2D eigenvalue weighted by Gasteiger charge is -2.48. The highest BCUT2D eigenvalue weighted by Crippen LogP contribution is 2.53. The number of non-ortho nitro benzene ring substituents is 1. The number of benzene rings is 1. The third kappa shape index (κ3) is 5.60. The predicted molar refractivity (Wildman–Crippen MR) is 141 cm³/mol. The number of β-lactam (4-membered cyclic amide) rings is 1. The molecule has 2 aliphatic rings. The van der Waals surface area contributed by atoms with E-state index in [-0.39, 0.29) is 52.1 Å². The Morgan fingerprint density at radius 3 is 2.43 bits per heavy atom. The second kappa shape index (κ2) is 10.00. The van der Waals surface area contributed by atoms with E-state index in [0.29, 0.717) is 16.2 Å². The number of ether oxygens (including phenoxy) is 1. The summed E-state index contributed by atoms with van der Waals surface area (Å²) in [7, 11) is -2.09. The van der Waals surface area contributed by atoms with Gasteiger partial charge in [0.2, 0.25) is 16.9 Å². The average molecular weight is 538 g/mol. The third-order valence-electron chi connectivity index (χ3n) is 6.69. The van der Waals surface area contributed by atoms with Gasteiger partial charge >= 0.3 is 0 Å². The molecule has 35 heavy (non-hydrogen) atoms. The van der Waals surface area contributed by atoms with Crippen molar-refractivity contribution < 1.29 is 23.7 Å². The molecule has 0 aromatic heterocycles. The van der Waals surface area contributed by atoms with Crippen LogP contribution in [0.3, 0.4) is 0 Å². The normalized spacial score (nSPS) is 20.9. The number of hydrogen-bond donors (Lipinski definition) is 1. The maximum Gasteiger partial charge on any atom is 0.269 e. The Labute approximate surface area is 215 Å². The molecule has 2 N–H and O–H groups in total. The zero-order chi connectivity index (χ0) is 26.3. The number of carbonyl (C=O) groups is 2. The zero-order valence-electron chi connectivity index (χ0n) is 20.7. The fraction of sp³-hybridized carbons (Fsp3) is 0.522. The minimum Gasteiger partial charge on any atom is -0.477 e. The van der Waals surface area contributed by atoms with Gasteiger partial charge in [0.1, 0.15) is 17.7 Å². The molecule has 1 saturated heterocycles. The van der Waals surface area contributed by atoms with Crippen LogP contribution >= 0.6 is 24.0 Å². The summed E-state index contributed by atoms with van der Waals surface area (Å²) < 4.78 is 12.3. The van der Waals surface area contributed by atoms with Crippen molar-refractivity contribution >= 4 is 54.8 Å². The second-order valence-corrected chi connectivity index (χ2v) is 16.6. The highest BCUT2D eigenvalue weighted by atomic mass is 32.2. The summed E-state index contributed by atoms with van der Waals surface area (Å²) in [6.07, 6.45) is -0.341. The smallest absolute Gasteiger partial charge is 0.269 e. The Morgan fingerprint density at radius 1 is 1.31 bits per heavy atom. The minimum absolute atomic E-state index is 0.00434. The number of nitrogens with zero attached hydrogens (tertiary/aromatic N) is 2. The zero-order valence-corrected chi connectivity index (χ0v) is 23.3. The molecule has 0 spiro atoms. The highest BCUT2D eigenvalue weighted by molar-refractivity contribution is 8.04. The van der Waals surface area contributed by atoms with Crippen LogP contribution in [0, 0.1) is 16.0 Å². The van der Waals surface area contributed by atoms with Crippen molar-refractivity contribution in [2.24, 2.45) is 11.7 Å². The molecule has 1 aromatic carbocycles. The second-order valence-electron chi connectivity index (χ2n) is 10.2. The fourth-order valence-electron chi connectivity index (χ4n) is 3.76. The number of nitro benzene ring substituents is 1. The van der Waals surface area contributed by atoms with Gasteiger partial charge in [0.15, 0.2) is 8.32 Å². The van der Waals surface area contributed by atoms with Crippen molar-refractivity contribution in [3.63, 3.8) is 0 Å². The van der Waals surface area contributed by atoms with E-state index < -0.39 is 19.1 Å². The number of thioether (sulfide) groups is 1. The van der Waals surface area contributed by atoms with Crippen molar-refractivity contribution in [1.29, 1.82) is 0 Å². The number of carbonyl (C=O) groups excluding carboxylic acids is 2. The molecule has 0 bridgehead atoms. The molecule has 2 heterocycles. The SMILES string of the molecule is CC(O[Si](C)(C)C(C)(C)C)C1C(=O)N2C(C(=S)OCc3ccc([N+](=O)[O-])cc3)=C(CC(N)=O)S[C@H]12. The number of amides is 2. The molecule has 12 heteroatoms. The number of rotatable bonds is 9. The third-order valence-corrected chi connectivity index (χ3v) is 12.9. The number of nitrogens with two attached hydrogens (primary N) is 1. The van der Waals surface area contributed by atoms with Crippen molar-refractivity contribution in [3.05, 3.63) is 50.5 Å². The Morgan fingerprint density at radius 2 is 1.91 bits per heavy atom. The molecule has 0 saturated carbocycles. The van der Waals surface area contributed by atoms with Crippen LogP contribution in [0.15, 0.2) is 34.9 Å². The van der Waals surface area contributed by atoms with Gasteiger partial charge < -0.3 is 14.9 Å². The minimum atomic E-state index is -2.09. The molecule has 2 unspecified atom stereocenters. The van der Waals surface area contributed by atoms with E-state index in [0.717, 1.165) is 0 Å². The largest absolute Gasteiger partial charge is 0.477 e. The predicted octanol–water partition coefficient (Wildman–Crippen LogP) is 4.47. The van der Waals surface area contributed by atoms with Gasteiger partial charge in [0.25, 0.3) is 5.69 Å².